The van der Waals surface area contributed by atoms with E-state index < -0.39 is 0 Å². The largest absolute Gasteiger partial charge is 0.490 e. The van der Waals surface area contributed by atoms with Crippen molar-refractivity contribution in [1.29, 1.82) is 0 Å². The zero-order valence-electron chi connectivity index (χ0n) is 20.8. The lowest BCUT2D eigenvalue weighted by Crippen LogP contribution is -2.43. The van der Waals surface area contributed by atoms with Gasteiger partial charge in [0.2, 0.25) is 5.91 Å². The number of anilines is 1. The highest BCUT2D eigenvalue weighted by atomic mass is 35.5. The summed E-state index contributed by atoms with van der Waals surface area (Å²) in [6.45, 7) is 5.31. The average Bonchev–Trinajstić information content (AvgIpc) is 2.88. The van der Waals surface area contributed by atoms with Crippen LogP contribution >= 0.6 is 23.4 Å². The highest BCUT2D eigenvalue weighted by Crippen LogP contribution is 2.42. The van der Waals surface area contributed by atoms with Gasteiger partial charge in [-0.05, 0) is 73.9 Å². The number of fused-ring (bicyclic) bond motifs is 1. The van der Waals surface area contributed by atoms with E-state index in [1.807, 2.05) is 74.5 Å². The fourth-order valence-corrected chi connectivity index (χ4v) is 5.22. The summed E-state index contributed by atoms with van der Waals surface area (Å²) >= 11 is 7.51. The number of para-hydroxylation sites is 1. The maximum absolute atomic E-state index is 13.4. The number of hydrogen-bond donors (Lipinski definition) is 1. The summed E-state index contributed by atoms with van der Waals surface area (Å²) < 4.78 is 11.3. The molecule has 1 N–H and O–H groups in total. The Hall–Kier alpha value is -3.42. The van der Waals surface area contributed by atoms with Crippen molar-refractivity contribution in [3.8, 4) is 11.5 Å². The topological polar surface area (TPSA) is 67.9 Å². The van der Waals surface area contributed by atoms with Gasteiger partial charge in [0, 0.05) is 16.5 Å². The Morgan fingerprint density at radius 2 is 1.78 bits per heavy atom. The number of carbonyl (C=O) groups excluding carboxylic acids is 2. The number of nitrogens with zero attached hydrogens (tertiary/aromatic N) is 1. The molecular weight excluding hydrogens is 508 g/mol. The number of amides is 2. The van der Waals surface area contributed by atoms with Gasteiger partial charge in [0.15, 0.2) is 11.5 Å². The predicted molar refractivity (Wildman–Crippen MR) is 150 cm³/mol. The van der Waals surface area contributed by atoms with Crippen LogP contribution in [0.2, 0.25) is 5.02 Å². The summed E-state index contributed by atoms with van der Waals surface area (Å²) in [7, 11) is 0. The molecule has 1 aliphatic heterocycles. The van der Waals surface area contributed by atoms with Crippen LogP contribution in [0, 0.1) is 0 Å². The van der Waals surface area contributed by atoms with E-state index in [9.17, 15) is 9.59 Å². The quantitative estimate of drug-likeness (QED) is 0.323. The molecular formula is C29H29ClN2O4S. The third kappa shape index (κ3) is 6.87. The lowest BCUT2D eigenvalue weighted by molar-refractivity contribution is -0.122. The van der Waals surface area contributed by atoms with Gasteiger partial charge in [0.1, 0.15) is 6.54 Å². The first-order chi connectivity index (χ1) is 18.0. The smallest absolute Gasteiger partial charge is 0.265 e. The summed E-state index contributed by atoms with van der Waals surface area (Å²) in [5.41, 5.74) is 2.58. The van der Waals surface area contributed by atoms with E-state index in [2.05, 4.69) is 5.32 Å². The van der Waals surface area contributed by atoms with Gasteiger partial charge in [0.05, 0.1) is 23.8 Å². The van der Waals surface area contributed by atoms with Crippen LogP contribution in [0.1, 0.15) is 25.0 Å². The molecule has 4 rings (SSSR count). The molecule has 3 aromatic rings. The van der Waals surface area contributed by atoms with Crippen molar-refractivity contribution < 1.29 is 19.1 Å². The summed E-state index contributed by atoms with van der Waals surface area (Å²) in [6.07, 6.45) is 2.43. The Bertz CT molecular complexity index is 1310. The SMILES string of the molecule is CCOc1ccc(CCNC(=O)CN2C(=O)C(=Cc3cccc(Cl)c3)Sc3ccccc32)cc1OCC. The van der Waals surface area contributed by atoms with Gasteiger partial charge in [-0.2, -0.15) is 0 Å². The first-order valence-corrected chi connectivity index (χ1v) is 13.4. The average molecular weight is 537 g/mol. The third-order valence-corrected chi connectivity index (χ3v) is 6.94. The zero-order valence-corrected chi connectivity index (χ0v) is 22.4. The predicted octanol–water partition coefficient (Wildman–Crippen LogP) is 5.98. The van der Waals surface area contributed by atoms with Crippen LogP contribution in [0.4, 0.5) is 5.69 Å². The minimum Gasteiger partial charge on any atom is -0.490 e. The van der Waals surface area contributed by atoms with E-state index in [0.29, 0.717) is 47.6 Å². The highest BCUT2D eigenvalue weighted by molar-refractivity contribution is 8.04. The molecule has 0 aromatic heterocycles. The van der Waals surface area contributed by atoms with Crippen LogP contribution in [0.25, 0.3) is 6.08 Å². The first kappa shape index (κ1) is 26.6. The molecule has 1 heterocycles. The van der Waals surface area contributed by atoms with Crippen LogP contribution in [0.5, 0.6) is 11.5 Å². The molecule has 0 fully saturated rings. The summed E-state index contributed by atoms with van der Waals surface area (Å²) in [5, 5.41) is 3.54. The van der Waals surface area contributed by atoms with Gasteiger partial charge in [0.25, 0.3) is 5.91 Å². The summed E-state index contributed by atoms with van der Waals surface area (Å²) in [5.74, 6) is 0.957. The molecule has 6 nitrogen and oxygen atoms in total. The van der Waals surface area contributed by atoms with E-state index in [-0.39, 0.29) is 18.4 Å². The number of carbonyl (C=O) groups is 2. The molecule has 0 aliphatic carbocycles. The number of hydrogen-bond acceptors (Lipinski definition) is 5. The van der Waals surface area contributed by atoms with Crippen LogP contribution in [0.3, 0.4) is 0 Å². The van der Waals surface area contributed by atoms with E-state index in [1.165, 1.54) is 16.7 Å². The normalized spacial score (nSPS) is 13.9. The van der Waals surface area contributed by atoms with Crippen molar-refractivity contribution >= 4 is 46.9 Å². The highest BCUT2D eigenvalue weighted by Gasteiger charge is 2.30. The van der Waals surface area contributed by atoms with Crippen molar-refractivity contribution in [2.24, 2.45) is 0 Å². The van der Waals surface area contributed by atoms with Crippen LogP contribution < -0.4 is 19.7 Å². The maximum atomic E-state index is 13.4. The van der Waals surface area contributed by atoms with Crippen molar-refractivity contribution in [2.45, 2.75) is 25.2 Å². The van der Waals surface area contributed by atoms with Crippen LogP contribution in [-0.4, -0.2) is 38.1 Å². The zero-order chi connectivity index (χ0) is 26.2. The summed E-state index contributed by atoms with van der Waals surface area (Å²) in [4.78, 5) is 29.3. The Morgan fingerprint density at radius 3 is 2.57 bits per heavy atom. The van der Waals surface area contributed by atoms with Crippen molar-refractivity contribution in [3.63, 3.8) is 0 Å². The lowest BCUT2D eigenvalue weighted by atomic mass is 10.1. The fourth-order valence-electron chi connectivity index (χ4n) is 3.96. The van der Waals surface area contributed by atoms with Crippen molar-refractivity contribution in [3.05, 3.63) is 87.8 Å². The molecule has 8 heteroatoms. The molecule has 2 amide bonds. The van der Waals surface area contributed by atoms with Crippen LogP contribution in [0.15, 0.2) is 76.5 Å². The van der Waals surface area contributed by atoms with Crippen molar-refractivity contribution in [1.82, 2.24) is 5.32 Å². The monoisotopic (exact) mass is 536 g/mol. The van der Waals surface area contributed by atoms with Crippen molar-refractivity contribution in [2.75, 3.05) is 31.2 Å². The minimum absolute atomic E-state index is 0.0727. The van der Waals surface area contributed by atoms with Gasteiger partial charge in [-0.1, -0.05) is 53.7 Å². The third-order valence-electron chi connectivity index (χ3n) is 5.62. The number of thioether (sulfide) groups is 1. The number of benzene rings is 3. The van der Waals surface area contributed by atoms with Gasteiger partial charge in [-0.15, -0.1) is 0 Å². The van der Waals surface area contributed by atoms with E-state index >= 15 is 0 Å². The van der Waals surface area contributed by atoms with Gasteiger partial charge < -0.3 is 14.8 Å². The van der Waals surface area contributed by atoms with E-state index in [0.717, 1.165) is 21.7 Å². The Kier molecular flexibility index (Phi) is 9.14. The first-order valence-electron chi connectivity index (χ1n) is 12.2. The standard InChI is InChI=1S/C29H29ClN2O4S/c1-3-35-24-13-12-20(17-25(24)36-4-2)14-15-31-28(33)19-32-23-10-5-6-11-26(23)37-27(29(32)34)18-21-8-7-9-22(30)16-21/h5-13,16-18H,3-4,14-15,19H2,1-2H3,(H,31,33). The Labute approximate surface area is 226 Å². The number of ether oxygens (including phenoxy) is 2. The molecule has 37 heavy (non-hydrogen) atoms. The molecule has 0 atom stereocenters. The number of rotatable bonds is 10. The second-order valence-electron chi connectivity index (χ2n) is 8.27. The second kappa shape index (κ2) is 12.7. The lowest BCUT2D eigenvalue weighted by Gasteiger charge is -2.29. The molecule has 192 valence electrons. The molecule has 0 saturated carbocycles. The second-order valence-corrected chi connectivity index (χ2v) is 9.79. The summed E-state index contributed by atoms with van der Waals surface area (Å²) in [6, 6.07) is 20.7. The molecule has 3 aromatic carbocycles. The molecule has 0 radical (unpaired) electrons. The fraction of sp³-hybridized carbons (Fsp3) is 0.241. The van der Waals surface area contributed by atoms with Gasteiger partial charge in [-0.25, -0.2) is 0 Å². The van der Waals surface area contributed by atoms with Gasteiger partial charge >= 0.3 is 0 Å². The van der Waals surface area contributed by atoms with Crippen LogP contribution in [-0.2, 0) is 16.0 Å². The van der Waals surface area contributed by atoms with E-state index in [4.69, 9.17) is 21.1 Å². The minimum atomic E-state index is -0.229. The molecule has 0 saturated heterocycles. The molecule has 0 unspecified atom stereocenters. The molecule has 1 aliphatic rings. The van der Waals surface area contributed by atoms with Gasteiger partial charge in [-0.3, -0.25) is 14.5 Å². The Balaban J connectivity index is 1.43. The van der Waals surface area contributed by atoms with E-state index in [1.54, 1.807) is 12.1 Å². The molecule has 0 spiro atoms. The molecule has 0 bridgehead atoms. The Morgan fingerprint density at radius 1 is 1.00 bits per heavy atom. The number of halogens is 1. The maximum Gasteiger partial charge on any atom is 0.265 e. The number of nitrogens with one attached hydrogen (secondary N) is 1.